The van der Waals surface area contributed by atoms with Gasteiger partial charge in [0.1, 0.15) is 23.3 Å². The van der Waals surface area contributed by atoms with Gasteiger partial charge in [0.05, 0.1) is 0 Å². The van der Waals surface area contributed by atoms with Gasteiger partial charge in [0.25, 0.3) is 0 Å². The van der Waals surface area contributed by atoms with Gasteiger partial charge >= 0.3 is 0 Å². The first-order valence-electron chi connectivity index (χ1n) is 5.41. The summed E-state index contributed by atoms with van der Waals surface area (Å²) in [6.45, 7) is 3.86. The Kier molecular flexibility index (Phi) is 3.50. The second kappa shape index (κ2) is 5.07. The molecule has 0 amide bonds. The molecule has 3 nitrogen and oxygen atoms in total. The lowest BCUT2D eigenvalue weighted by molar-refractivity contribution is 0.474. The van der Waals surface area contributed by atoms with Crippen LogP contribution in [0.15, 0.2) is 30.5 Å². The Labute approximate surface area is 111 Å². The van der Waals surface area contributed by atoms with E-state index in [-0.39, 0.29) is 0 Å². The molecule has 0 spiro atoms. The predicted octanol–water partition coefficient (Wildman–Crippen LogP) is 4.02. The Balaban J connectivity index is 2.37. The van der Waals surface area contributed by atoms with Gasteiger partial charge in [-0.3, -0.25) is 0 Å². The maximum atomic E-state index is 8.79. The summed E-state index contributed by atoms with van der Waals surface area (Å²) in [5.41, 5.74) is 2.24. The number of nitriles is 1. The van der Waals surface area contributed by atoms with Crippen LogP contribution in [0.3, 0.4) is 0 Å². The van der Waals surface area contributed by atoms with Crippen LogP contribution in [0.4, 0.5) is 0 Å². The smallest absolute Gasteiger partial charge is 0.144 e. The van der Waals surface area contributed by atoms with Crippen molar-refractivity contribution in [1.82, 2.24) is 4.98 Å². The van der Waals surface area contributed by atoms with E-state index < -0.39 is 0 Å². The van der Waals surface area contributed by atoms with Crippen molar-refractivity contribution in [1.29, 1.82) is 5.26 Å². The molecule has 1 heterocycles. The Bertz CT molecular complexity index is 609. The zero-order valence-corrected chi connectivity index (χ0v) is 10.8. The summed E-state index contributed by atoms with van der Waals surface area (Å²) in [6, 6.07) is 8.99. The van der Waals surface area contributed by atoms with Gasteiger partial charge in [-0.05, 0) is 43.2 Å². The molecule has 90 valence electrons. The highest BCUT2D eigenvalue weighted by Crippen LogP contribution is 2.31. The van der Waals surface area contributed by atoms with Crippen molar-refractivity contribution in [3.8, 4) is 17.6 Å². The quantitative estimate of drug-likeness (QED) is 0.817. The van der Waals surface area contributed by atoms with E-state index in [2.05, 4.69) is 4.98 Å². The summed E-state index contributed by atoms with van der Waals surface area (Å²) in [4.78, 5) is 3.90. The van der Waals surface area contributed by atoms with Crippen molar-refractivity contribution in [2.45, 2.75) is 13.8 Å². The van der Waals surface area contributed by atoms with E-state index in [1.807, 2.05) is 32.0 Å². The molecule has 1 aromatic carbocycles. The molecule has 18 heavy (non-hydrogen) atoms. The summed E-state index contributed by atoms with van der Waals surface area (Å²) in [6.07, 6.45) is 1.55. The lowest BCUT2D eigenvalue weighted by Crippen LogP contribution is -1.92. The summed E-state index contributed by atoms with van der Waals surface area (Å²) in [5.74, 6) is 1.35. The van der Waals surface area contributed by atoms with Crippen molar-refractivity contribution < 1.29 is 4.74 Å². The van der Waals surface area contributed by atoms with Gasteiger partial charge in [-0.2, -0.15) is 5.26 Å². The van der Waals surface area contributed by atoms with Crippen molar-refractivity contribution in [2.24, 2.45) is 0 Å². The maximum Gasteiger partial charge on any atom is 0.144 e. The van der Waals surface area contributed by atoms with Gasteiger partial charge in [0, 0.05) is 17.3 Å². The lowest BCUT2D eigenvalue weighted by atomic mass is 10.1. The highest BCUT2D eigenvalue weighted by Gasteiger charge is 2.07. The van der Waals surface area contributed by atoms with Crippen LogP contribution < -0.4 is 4.74 Å². The van der Waals surface area contributed by atoms with E-state index in [9.17, 15) is 0 Å². The number of ether oxygens (including phenoxy) is 1. The van der Waals surface area contributed by atoms with Gasteiger partial charge in [0.15, 0.2) is 0 Å². The van der Waals surface area contributed by atoms with E-state index >= 15 is 0 Å². The third kappa shape index (κ3) is 2.61. The van der Waals surface area contributed by atoms with Crippen molar-refractivity contribution >= 4 is 11.6 Å². The SMILES string of the molecule is Cc1cc(Cl)cc(C)c1Oc1ccnc(C#N)c1. The van der Waals surface area contributed by atoms with Gasteiger partial charge in [-0.1, -0.05) is 11.6 Å². The summed E-state index contributed by atoms with van der Waals surface area (Å²) >= 11 is 5.96. The van der Waals surface area contributed by atoms with Crippen molar-refractivity contribution in [2.75, 3.05) is 0 Å². The number of aromatic nitrogens is 1. The molecule has 0 saturated heterocycles. The lowest BCUT2D eigenvalue weighted by Gasteiger charge is -2.12. The van der Waals surface area contributed by atoms with Crippen LogP contribution in [0.5, 0.6) is 11.5 Å². The third-order valence-electron chi connectivity index (χ3n) is 2.49. The van der Waals surface area contributed by atoms with E-state index in [0.717, 1.165) is 16.9 Å². The Hall–Kier alpha value is -2.05. The first kappa shape index (κ1) is 12.4. The second-order valence-corrected chi connectivity index (χ2v) is 4.40. The molecule has 0 fully saturated rings. The van der Waals surface area contributed by atoms with E-state index in [0.29, 0.717) is 16.5 Å². The zero-order valence-electron chi connectivity index (χ0n) is 10.1. The highest BCUT2D eigenvalue weighted by molar-refractivity contribution is 6.30. The van der Waals surface area contributed by atoms with E-state index in [4.69, 9.17) is 21.6 Å². The normalized spacial score (nSPS) is 9.89. The molecule has 0 unspecified atom stereocenters. The van der Waals surface area contributed by atoms with Crippen molar-refractivity contribution in [3.05, 3.63) is 52.3 Å². The van der Waals surface area contributed by atoms with Gasteiger partial charge < -0.3 is 4.74 Å². The van der Waals surface area contributed by atoms with Crippen LogP contribution >= 0.6 is 11.6 Å². The molecule has 0 N–H and O–H groups in total. The number of hydrogen-bond donors (Lipinski definition) is 0. The largest absolute Gasteiger partial charge is 0.457 e. The van der Waals surface area contributed by atoms with Crippen molar-refractivity contribution in [3.63, 3.8) is 0 Å². The zero-order chi connectivity index (χ0) is 13.1. The molecule has 2 rings (SSSR count). The van der Waals surface area contributed by atoms with Crippen LogP contribution in [0.2, 0.25) is 5.02 Å². The molecule has 2 aromatic rings. The maximum absolute atomic E-state index is 8.79. The molecule has 0 aliphatic heterocycles. The number of pyridine rings is 1. The van der Waals surface area contributed by atoms with Gasteiger partial charge in [0.2, 0.25) is 0 Å². The number of rotatable bonds is 2. The van der Waals surface area contributed by atoms with Gasteiger partial charge in [-0.25, -0.2) is 4.98 Å². The number of nitrogens with zero attached hydrogens (tertiary/aromatic N) is 2. The molecule has 0 radical (unpaired) electrons. The molecular weight excluding hydrogens is 248 g/mol. The topological polar surface area (TPSA) is 45.9 Å². The minimum absolute atomic E-state index is 0.330. The average molecular weight is 259 g/mol. The molecule has 0 saturated carbocycles. The predicted molar refractivity (Wildman–Crippen MR) is 70.0 cm³/mol. The first-order chi connectivity index (χ1) is 8.60. The number of benzene rings is 1. The first-order valence-corrected chi connectivity index (χ1v) is 5.78. The van der Waals surface area contributed by atoms with Crippen LogP contribution in [-0.4, -0.2) is 4.98 Å². The minimum Gasteiger partial charge on any atom is -0.457 e. The average Bonchev–Trinajstić information content (AvgIpc) is 2.34. The fourth-order valence-corrected chi connectivity index (χ4v) is 2.04. The molecule has 0 aliphatic carbocycles. The van der Waals surface area contributed by atoms with Gasteiger partial charge in [-0.15, -0.1) is 0 Å². The highest BCUT2D eigenvalue weighted by atomic mass is 35.5. The molecule has 1 aromatic heterocycles. The summed E-state index contributed by atoms with van der Waals surface area (Å²) in [5, 5.41) is 9.47. The fraction of sp³-hybridized carbons (Fsp3) is 0.143. The third-order valence-corrected chi connectivity index (χ3v) is 2.71. The second-order valence-electron chi connectivity index (χ2n) is 3.96. The Morgan fingerprint density at radius 1 is 1.22 bits per heavy atom. The van der Waals surface area contributed by atoms with Crippen LogP contribution in [0.25, 0.3) is 0 Å². The van der Waals surface area contributed by atoms with Crippen LogP contribution in [-0.2, 0) is 0 Å². The Morgan fingerprint density at radius 3 is 2.50 bits per heavy atom. The number of hydrogen-bond acceptors (Lipinski definition) is 3. The minimum atomic E-state index is 0.330. The molecule has 0 bridgehead atoms. The van der Waals surface area contributed by atoms with Crippen LogP contribution in [0.1, 0.15) is 16.8 Å². The molecule has 0 atom stereocenters. The number of halogens is 1. The number of aryl methyl sites for hydroxylation is 2. The molecule has 0 aliphatic rings. The van der Waals surface area contributed by atoms with Crippen LogP contribution in [0, 0.1) is 25.2 Å². The summed E-state index contributed by atoms with van der Waals surface area (Å²) in [7, 11) is 0. The fourth-order valence-electron chi connectivity index (χ4n) is 1.71. The van der Waals surface area contributed by atoms with E-state index in [1.165, 1.54) is 0 Å². The Morgan fingerprint density at radius 2 is 1.89 bits per heavy atom. The molecular formula is C14H11ClN2O. The standard InChI is InChI=1S/C14H11ClN2O/c1-9-5-11(15)6-10(2)14(9)18-13-3-4-17-12(7-13)8-16/h3-7H,1-2H3. The van der Waals surface area contributed by atoms with E-state index in [1.54, 1.807) is 18.3 Å². The summed E-state index contributed by atoms with van der Waals surface area (Å²) < 4.78 is 5.79. The molecule has 4 heteroatoms. The monoisotopic (exact) mass is 258 g/mol.